The number of aryl methyl sites for hydroxylation is 1. The number of likely N-dealkylation sites (tertiary alicyclic amines) is 1. The molecule has 0 aliphatic carbocycles. The fraction of sp³-hybridized carbons (Fsp3) is 0.467. The maximum atomic E-state index is 13.7. The Bertz CT molecular complexity index is 1300. The molecule has 4 rings (SSSR count). The van der Waals surface area contributed by atoms with Crippen LogP contribution in [0.2, 0.25) is 0 Å². The first kappa shape index (κ1) is 26.7. The number of carboxylic acids is 1. The molecule has 0 unspecified atom stereocenters. The second-order valence-electron chi connectivity index (χ2n) is 10.3. The number of carboxylic acid groups (broad SMARTS) is 1. The van der Waals surface area contributed by atoms with Gasteiger partial charge in [-0.15, -0.1) is 5.92 Å². The molecular formula is C30H36FN3O3. The molecular weight excluding hydrogens is 469 g/mol. The van der Waals surface area contributed by atoms with Crippen LogP contribution in [-0.2, 0) is 24.5 Å². The van der Waals surface area contributed by atoms with E-state index in [1.165, 1.54) is 0 Å². The van der Waals surface area contributed by atoms with Gasteiger partial charge in [0.05, 0.1) is 23.5 Å². The molecule has 7 heteroatoms. The summed E-state index contributed by atoms with van der Waals surface area (Å²) in [6, 6.07) is 11.7. The Balaban J connectivity index is 1.54. The third-order valence-electron chi connectivity index (χ3n) is 6.85. The first-order chi connectivity index (χ1) is 17.7. The van der Waals surface area contributed by atoms with Gasteiger partial charge in [0.15, 0.2) is 0 Å². The van der Waals surface area contributed by atoms with E-state index in [1.807, 2.05) is 24.3 Å². The molecule has 0 saturated carbocycles. The Kier molecular flexibility index (Phi) is 8.50. The molecule has 1 aliphatic heterocycles. The Morgan fingerprint density at radius 3 is 2.62 bits per heavy atom. The highest BCUT2D eigenvalue weighted by Gasteiger charge is 2.24. The zero-order valence-corrected chi connectivity index (χ0v) is 22.1. The summed E-state index contributed by atoms with van der Waals surface area (Å²) in [4.78, 5) is 13.3. The minimum atomic E-state index is -0.870. The van der Waals surface area contributed by atoms with Crippen molar-refractivity contribution in [1.29, 1.82) is 0 Å². The van der Waals surface area contributed by atoms with Crippen molar-refractivity contribution < 1.29 is 19.0 Å². The van der Waals surface area contributed by atoms with E-state index < -0.39 is 12.1 Å². The lowest BCUT2D eigenvalue weighted by Gasteiger charge is -2.14. The average molecular weight is 506 g/mol. The smallest absolute Gasteiger partial charge is 0.304 e. The highest BCUT2D eigenvalue weighted by molar-refractivity contribution is 5.86. The van der Waals surface area contributed by atoms with E-state index in [0.717, 1.165) is 46.4 Å². The molecule has 0 spiro atoms. The Morgan fingerprint density at radius 2 is 2.00 bits per heavy atom. The minimum absolute atomic E-state index is 0.0293. The topological polar surface area (TPSA) is 67.6 Å². The van der Waals surface area contributed by atoms with Crippen LogP contribution in [0, 0.1) is 24.7 Å². The molecule has 1 saturated heterocycles. The first-order valence-electron chi connectivity index (χ1n) is 13.0. The number of carbonyl (C=O) groups is 1. The van der Waals surface area contributed by atoms with Gasteiger partial charge in [0.2, 0.25) is 0 Å². The lowest BCUT2D eigenvalue weighted by atomic mass is 9.96. The summed E-state index contributed by atoms with van der Waals surface area (Å²) in [5.41, 5.74) is 5.20. The molecule has 3 aromatic rings. The number of ether oxygens (including phenoxy) is 1. The number of hydrogen-bond acceptors (Lipinski definition) is 4. The molecule has 1 aromatic heterocycles. The van der Waals surface area contributed by atoms with Crippen LogP contribution in [0.5, 0.6) is 5.75 Å². The highest BCUT2D eigenvalue weighted by Crippen LogP contribution is 2.29. The SMILES string of the molecule is CC#C[C@@H](CC(=O)O)c1ccc(OCc2ccc3c(CN4CC[C@H](F)C4)nn(CC(C)C)c3c2C)cc1. The molecule has 1 N–H and O–H groups in total. The zero-order valence-electron chi connectivity index (χ0n) is 22.1. The fourth-order valence-electron chi connectivity index (χ4n) is 5.01. The third-order valence-corrected chi connectivity index (χ3v) is 6.85. The summed E-state index contributed by atoms with van der Waals surface area (Å²) in [7, 11) is 0. The Morgan fingerprint density at radius 1 is 1.24 bits per heavy atom. The molecule has 37 heavy (non-hydrogen) atoms. The Labute approximate surface area is 218 Å². The van der Waals surface area contributed by atoms with Gasteiger partial charge in [0, 0.05) is 31.6 Å². The lowest BCUT2D eigenvalue weighted by molar-refractivity contribution is -0.137. The maximum Gasteiger partial charge on any atom is 0.304 e. The van der Waals surface area contributed by atoms with Gasteiger partial charge in [-0.2, -0.15) is 5.10 Å². The number of nitrogens with zero attached hydrogens (tertiary/aromatic N) is 3. The van der Waals surface area contributed by atoms with E-state index in [9.17, 15) is 14.3 Å². The Hall–Kier alpha value is -3.37. The summed E-state index contributed by atoms with van der Waals surface area (Å²) in [5, 5.41) is 15.3. The molecule has 6 nitrogen and oxygen atoms in total. The number of hydrogen-bond donors (Lipinski definition) is 1. The van der Waals surface area contributed by atoms with Crippen LogP contribution in [0.15, 0.2) is 36.4 Å². The standard InChI is InChI=1S/C30H36FN3O3/c1-5-6-23(15-29(35)36)22-7-10-26(11-8-22)37-19-24-9-12-27-28(18-33-14-13-25(31)17-33)32-34(16-20(2)3)30(27)21(24)4/h7-12,20,23,25H,13-19H2,1-4H3,(H,35,36)/t23-,25-/m0/s1. The normalized spacial score (nSPS) is 16.6. The summed E-state index contributed by atoms with van der Waals surface area (Å²) in [6.45, 7) is 11.3. The van der Waals surface area contributed by atoms with Crippen molar-refractivity contribution >= 4 is 16.9 Å². The number of aromatic nitrogens is 2. The van der Waals surface area contributed by atoms with E-state index in [4.69, 9.17) is 9.84 Å². The number of aliphatic carboxylic acids is 1. The first-order valence-corrected chi connectivity index (χ1v) is 13.0. The van der Waals surface area contributed by atoms with Crippen molar-refractivity contribution in [1.82, 2.24) is 14.7 Å². The van der Waals surface area contributed by atoms with Crippen LogP contribution in [0.25, 0.3) is 10.9 Å². The summed E-state index contributed by atoms with van der Waals surface area (Å²) < 4.78 is 22.0. The quantitative estimate of drug-likeness (QED) is 0.358. The fourth-order valence-corrected chi connectivity index (χ4v) is 5.01. The lowest BCUT2D eigenvalue weighted by Crippen LogP contribution is -2.21. The molecule has 196 valence electrons. The average Bonchev–Trinajstić information content (AvgIpc) is 3.41. The maximum absolute atomic E-state index is 13.7. The molecule has 2 atom stereocenters. The molecule has 2 aromatic carbocycles. The van der Waals surface area contributed by atoms with Crippen LogP contribution in [0.1, 0.15) is 61.9 Å². The van der Waals surface area contributed by atoms with Gasteiger partial charge in [0.25, 0.3) is 0 Å². The second-order valence-corrected chi connectivity index (χ2v) is 10.3. The number of alkyl halides is 1. The van der Waals surface area contributed by atoms with Crippen LogP contribution >= 0.6 is 0 Å². The number of benzene rings is 2. The summed E-state index contributed by atoms with van der Waals surface area (Å²) in [6.07, 6.45) is -0.178. The van der Waals surface area contributed by atoms with Crippen molar-refractivity contribution in [3.63, 3.8) is 0 Å². The van der Waals surface area contributed by atoms with Crippen LogP contribution in [-0.4, -0.2) is 45.0 Å². The van der Waals surface area contributed by atoms with Crippen molar-refractivity contribution in [3.05, 3.63) is 58.8 Å². The van der Waals surface area contributed by atoms with Crippen molar-refractivity contribution in [2.75, 3.05) is 13.1 Å². The zero-order chi connectivity index (χ0) is 26.5. The molecule has 2 heterocycles. The van der Waals surface area contributed by atoms with Gasteiger partial charge >= 0.3 is 5.97 Å². The molecule has 1 aliphatic rings. The third kappa shape index (κ3) is 6.50. The van der Waals surface area contributed by atoms with Gasteiger partial charge in [-0.1, -0.05) is 44.0 Å². The van der Waals surface area contributed by atoms with E-state index in [0.29, 0.717) is 37.8 Å². The van der Waals surface area contributed by atoms with E-state index in [-0.39, 0.29) is 12.3 Å². The van der Waals surface area contributed by atoms with Gasteiger partial charge in [-0.3, -0.25) is 14.4 Å². The molecule has 0 amide bonds. The van der Waals surface area contributed by atoms with Crippen molar-refractivity contribution in [2.45, 2.75) is 72.3 Å². The van der Waals surface area contributed by atoms with Gasteiger partial charge < -0.3 is 9.84 Å². The van der Waals surface area contributed by atoms with E-state index in [2.05, 4.69) is 54.3 Å². The number of halogens is 1. The van der Waals surface area contributed by atoms with Crippen molar-refractivity contribution in [2.24, 2.45) is 5.92 Å². The molecule has 0 radical (unpaired) electrons. The summed E-state index contributed by atoms with van der Waals surface area (Å²) >= 11 is 0. The predicted octanol–water partition coefficient (Wildman–Crippen LogP) is 5.71. The van der Waals surface area contributed by atoms with Crippen LogP contribution in [0.4, 0.5) is 4.39 Å². The van der Waals surface area contributed by atoms with E-state index >= 15 is 0 Å². The monoisotopic (exact) mass is 505 g/mol. The molecule has 1 fully saturated rings. The van der Waals surface area contributed by atoms with Crippen LogP contribution in [0.3, 0.4) is 0 Å². The predicted molar refractivity (Wildman–Crippen MR) is 143 cm³/mol. The van der Waals surface area contributed by atoms with Crippen LogP contribution < -0.4 is 4.74 Å². The molecule has 0 bridgehead atoms. The highest BCUT2D eigenvalue weighted by atomic mass is 19.1. The van der Waals surface area contributed by atoms with Gasteiger partial charge in [-0.05, 0) is 55.0 Å². The van der Waals surface area contributed by atoms with E-state index in [1.54, 1.807) is 6.92 Å². The minimum Gasteiger partial charge on any atom is -0.489 e. The largest absolute Gasteiger partial charge is 0.489 e. The van der Waals surface area contributed by atoms with Gasteiger partial charge in [-0.25, -0.2) is 4.39 Å². The van der Waals surface area contributed by atoms with Crippen molar-refractivity contribution in [3.8, 4) is 17.6 Å². The summed E-state index contributed by atoms with van der Waals surface area (Å²) in [5.74, 6) is 5.75. The second kappa shape index (κ2) is 11.8. The van der Waals surface area contributed by atoms with Gasteiger partial charge in [0.1, 0.15) is 18.5 Å². The number of fused-ring (bicyclic) bond motifs is 1. The number of rotatable bonds is 10.